The summed E-state index contributed by atoms with van der Waals surface area (Å²) in [6.07, 6.45) is 0. The van der Waals surface area contributed by atoms with Crippen molar-refractivity contribution in [2.45, 2.75) is 6.92 Å². The van der Waals surface area contributed by atoms with Crippen LogP contribution < -0.4 is 10.6 Å². The maximum absolute atomic E-state index is 3.78. The van der Waals surface area contributed by atoms with Crippen molar-refractivity contribution in [1.82, 2.24) is 5.32 Å². The van der Waals surface area contributed by atoms with Crippen LogP contribution in [0.2, 0.25) is 0 Å². The lowest BCUT2D eigenvalue weighted by Gasteiger charge is -2.08. The van der Waals surface area contributed by atoms with Gasteiger partial charge in [-0.1, -0.05) is 18.7 Å². The first-order valence-corrected chi connectivity index (χ1v) is 3.92. The van der Waals surface area contributed by atoms with E-state index in [1.807, 2.05) is 19.2 Å². The Bertz CT molecular complexity index is 279. The molecule has 0 aromatic heterocycles. The predicted molar refractivity (Wildman–Crippen MR) is 53.0 cm³/mol. The molecule has 2 nitrogen and oxygen atoms in total. The molecule has 0 bridgehead atoms. The molecule has 0 aliphatic heterocycles. The molecule has 2 N–H and O–H groups in total. The number of nitrogens with one attached hydrogen (secondary N) is 2. The van der Waals surface area contributed by atoms with Crippen LogP contribution in [0.3, 0.4) is 0 Å². The monoisotopic (exact) mass is 162 g/mol. The molecule has 0 spiro atoms. The SMILES string of the molecule is C=C(NC)Nc1cccc(C)c1. The van der Waals surface area contributed by atoms with Crippen molar-refractivity contribution in [3.63, 3.8) is 0 Å². The highest BCUT2D eigenvalue weighted by Crippen LogP contribution is 2.10. The van der Waals surface area contributed by atoms with E-state index in [0.717, 1.165) is 11.5 Å². The van der Waals surface area contributed by atoms with Gasteiger partial charge in [0.15, 0.2) is 0 Å². The molecule has 0 aliphatic carbocycles. The Labute approximate surface area is 73.3 Å². The molecule has 1 aromatic rings. The van der Waals surface area contributed by atoms with Gasteiger partial charge in [0.1, 0.15) is 0 Å². The first kappa shape index (κ1) is 8.65. The summed E-state index contributed by atoms with van der Waals surface area (Å²) in [4.78, 5) is 0. The summed E-state index contributed by atoms with van der Waals surface area (Å²) in [5.74, 6) is 0.806. The summed E-state index contributed by atoms with van der Waals surface area (Å²) in [7, 11) is 1.84. The third kappa shape index (κ3) is 2.31. The lowest BCUT2D eigenvalue weighted by atomic mass is 10.2. The Morgan fingerprint density at radius 2 is 2.17 bits per heavy atom. The van der Waals surface area contributed by atoms with Gasteiger partial charge in [-0.15, -0.1) is 0 Å². The lowest BCUT2D eigenvalue weighted by Crippen LogP contribution is -2.12. The Kier molecular flexibility index (Phi) is 2.75. The van der Waals surface area contributed by atoms with Crippen LogP contribution in [0.25, 0.3) is 0 Å². The Balaban J connectivity index is 2.69. The van der Waals surface area contributed by atoms with Crippen molar-refractivity contribution in [2.24, 2.45) is 0 Å². The van der Waals surface area contributed by atoms with Gasteiger partial charge >= 0.3 is 0 Å². The molecule has 0 fully saturated rings. The fraction of sp³-hybridized carbons (Fsp3) is 0.200. The first-order valence-electron chi connectivity index (χ1n) is 3.92. The molecule has 1 aromatic carbocycles. The summed E-state index contributed by atoms with van der Waals surface area (Å²) in [5.41, 5.74) is 2.30. The zero-order valence-electron chi connectivity index (χ0n) is 7.52. The molecule has 2 heteroatoms. The summed E-state index contributed by atoms with van der Waals surface area (Å²) in [6.45, 7) is 5.84. The van der Waals surface area contributed by atoms with Crippen LogP contribution in [-0.2, 0) is 0 Å². The minimum Gasteiger partial charge on any atom is -0.375 e. The summed E-state index contributed by atoms with van der Waals surface area (Å²) >= 11 is 0. The second-order valence-electron chi connectivity index (χ2n) is 2.72. The maximum atomic E-state index is 3.78. The zero-order chi connectivity index (χ0) is 8.97. The Morgan fingerprint density at radius 3 is 2.75 bits per heavy atom. The normalized spacial score (nSPS) is 9.17. The number of anilines is 1. The molecule has 0 saturated carbocycles. The summed E-state index contributed by atoms with van der Waals surface area (Å²) in [5, 5.41) is 6.05. The summed E-state index contributed by atoms with van der Waals surface area (Å²) < 4.78 is 0. The first-order chi connectivity index (χ1) is 5.72. The minimum atomic E-state index is 0.806. The molecule has 0 amide bonds. The molecule has 0 saturated heterocycles. The van der Waals surface area contributed by atoms with E-state index in [9.17, 15) is 0 Å². The van der Waals surface area contributed by atoms with Crippen molar-refractivity contribution in [1.29, 1.82) is 0 Å². The molecule has 0 radical (unpaired) electrons. The quantitative estimate of drug-likeness (QED) is 0.711. The van der Waals surface area contributed by atoms with Crippen molar-refractivity contribution < 1.29 is 0 Å². The molecule has 0 aliphatic rings. The fourth-order valence-electron chi connectivity index (χ4n) is 0.960. The Morgan fingerprint density at radius 1 is 1.42 bits per heavy atom. The van der Waals surface area contributed by atoms with Crippen LogP contribution in [0.1, 0.15) is 5.56 Å². The highest BCUT2D eigenvalue weighted by molar-refractivity contribution is 5.49. The van der Waals surface area contributed by atoms with Crippen LogP contribution in [-0.4, -0.2) is 7.05 Å². The van der Waals surface area contributed by atoms with E-state index in [1.54, 1.807) is 0 Å². The van der Waals surface area contributed by atoms with Crippen LogP contribution in [0, 0.1) is 6.92 Å². The highest BCUT2D eigenvalue weighted by atomic mass is 15.1. The second kappa shape index (κ2) is 3.81. The standard InChI is InChI=1S/C10H14N2/c1-8-5-4-6-10(7-8)12-9(2)11-3/h4-7,11-12H,2H2,1,3H3. The van der Waals surface area contributed by atoms with Gasteiger partial charge in [0.05, 0.1) is 5.82 Å². The van der Waals surface area contributed by atoms with E-state index in [4.69, 9.17) is 0 Å². The molecular formula is C10H14N2. The third-order valence-corrected chi connectivity index (χ3v) is 1.62. The van der Waals surface area contributed by atoms with E-state index < -0.39 is 0 Å². The van der Waals surface area contributed by atoms with E-state index in [-0.39, 0.29) is 0 Å². The fourth-order valence-corrected chi connectivity index (χ4v) is 0.960. The number of rotatable bonds is 3. The van der Waals surface area contributed by atoms with Crippen molar-refractivity contribution in [3.8, 4) is 0 Å². The van der Waals surface area contributed by atoms with Crippen LogP contribution in [0.4, 0.5) is 5.69 Å². The molecule has 0 atom stereocenters. The number of aryl methyl sites for hydroxylation is 1. The molecular weight excluding hydrogens is 148 g/mol. The maximum Gasteiger partial charge on any atom is 0.0954 e. The Hall–Kier alpha value is -1.44. The van der Waals surface area contributed by atoms with Gasteiger partial charge in [-0.2, -0.15) is 0 Å². The van der Waals surface area contributed by atoms with Gasteiger partial charge in [0, 0.05) is 12.7 Å². The molecule has 12 heavy (non-hydrogen) atoms. The number of hydrogen-bond acceptors (Lipinski definition) is 2. The van der Waals surface area contributed by atoms with E-state index in [0.29, 0.717) is 0 Å². The topological polar surface area (TPSA) is 24.1 Å². The third-order valence-electron chi connectivity index (χ3n) is 1.62. The lowest BCUT2D eigenvalue weighted by molar-refractivity contribution is 1.00. The average molecular weight is 162 g/mol. The number of hydrogen-bond donors (Lipinski definition) is 2. The van der Waals surface area contributed by atoms with Gasteiger partial charge in [-0.05, 0) is 24.6 Å². The van der Waals surface area contributed by atoms with Gasteiger partial charge in [-0.3, -0.25) is 0 Å². The minimum absolute atomic E-state index is 0.806. The zero-order valence-corrected chi connectivity index (χ0v) is 7.52. The molecule has 0 heterocycles. The van der Waals surface area contributed by atoms with Gasteiger partial charge < -0.3 is 10.6 Å². The van der Waals surface area contributed by atoms with Crippen molar-refractivity contribution in [2.75, 3.05) is 12.4 Å². The predicted octanol–water partition coefficient (Wildman–Crippen LogP) is 2.10. The van der Waals surface area contributed by atoms with Gasteiger partial charge in [0.25, 0.3) is 0 Å². The molecule has 64 valence electrons. The van der Waals surface area contributed by atoms with E-state index >= 15 is 0 Å². The van der Waals surface area contributed by atoms with Crippen LogP contribution in [0.5, 0.6) is 0 Å². The number of benzene rings is 1. The van der Waals surface area contributed by atoms with Crippen molar-refractivity contribution >= 4 is 5.69 Å². The van der Waals surface area contributed by atoms with E-state index in [2.05, 4.69) is 36.3 Å². The average Bonchev–Trinajstić information content (AvgIpc) is 2.04. The van der Waals surface area contributed by atoms with E-state index in [1.165, 1.54) is 5.56 Å². The second-order valence-corrected chi connectivity index (χ2v) is 2.72. The molecule has 1 rings (SSSR count). The van der Waals surface area contributed by atoms with Gasteiger partial charge in [-0.25, -0.2) is 0 Å². The molecule has 0 unspecified atom stereocenters. The largest absolute Gasteiger partial charge is 0.375 e. The van der Waals surface area contributed by atoms with Crippen LogP contribution in [0.15, 0.2) is 36.7 Å². The summed E-state index contributed by atoms with van der Waals surface area (Å²) in [6, 6.07) is 8.16. The highest BCUT2D eigenvalue weighted by Gasteiger charge is 1.91. The smallest absolute Gasteiger partial charge is 0.0954 e. The van der Waals surface area contributed by atoms with Crippen molar-refractivity contribution in [3.05, 3.63) is 42.2 Å². The van der Waals surface area contributed by atoms with Crippen LogP contribution >= 0.6 is 0 Å². The van der Waals surface area contributed by atoms with Gasteiger partial charge in [0.2, 0.25) is 0 Å².